The minimum atomic E-state index is -0.212. The van der Waals surface area contributed by atoms with Gasteiger partial charge in [-0.2, -0.15) is 0 Å². The third-order valence-electron chi connectivity index (χ3n) is 6.55. The number of benzene rings is 2. The molecular formula is C26H36N4O2. The summed E-state index contributed by atoms with van der Waals surface area (Å²) in [5.41, 5.74) is 11.6. The first-order valence-corrected chi connectivity index (χ1v) is 11.9. The van der Waals surface area contributed by atoms with Crippen molar-refractivity contribution in [3.05, 3.63) is 59.2 Å². The summed E-state index contributed by atoms with van der Waals surface area (Å²) in [5.74, 6) is 1.10. The Kier molecular flexibility index (Phi) is 7.33. The molecule has 0 bridgehead atoms. The molecule has 0 saturated carbocycles. The van der Waals surface area contributed by atoms with Crippen molar-refractivity contribution in [3.63, 3.8) is 0 Å². The number of rotatable bonds is 7. The van der Waals surface area contributed by atoms with Crippen LogP contribution in [0, 0.1) is 13.8 Å². The van der Waals surface area contributed by atoms with Gasteiger partial charge in [-0.15, -0.1) is 0 Å². The SMILES string of the molecule is CCCCOc1ccccc1C1CC(C(=O)N2CCN(c3cc(C)ccc3C)CC2)NN1. The standard InChI is InChI=1S/C26H36N4O2/c1-4-5-16-32-25-9-7-6-8-21(25)22-18-23(28-27-22)26(31)30-14-12-29(13-15-30)24-17-19(2)10-11-20(24)3/h6-11,17,22-23,27-28H,4-5,12-16,18H2,1-3H3. The van der Waals surface area contributed by atoms with Gasteiger partial charge >= 0.3 is 0 Å². The van der Waals surface area contributed by atoms with Crippen molar-refractivity contribution in [1.82, 2.24) is 15.8 Å². The van der Waals surface area contributed by atoms with E-state index in [1.165, 1.54) is 16.8 Å². The van der Waals surface area contributed by atoms with Crippen molar-refractivity contribution >= 4 is 11.6 Å². The molecule has 0 radical (unpaired) electrons. The third-order valence-corrected chi connectivity index (χ3v) is 6.55. The Morgan fingerprint density at radius 2 is 1.84 bits per heavy atom. The molecule has 2 aromatic carbocycles. The van der Waals surface area contributed by atoms with E-state index in [1.54, 1.807) is 0 Å². The summed E-state index contributed by atoms with van der Waals surface area (Å²) in [6.45, 7) is 10.4. The van der Waals surface area contributed by atoms with Crippen LogP contribution in [-0.4, -0.2) is 49.6 Å². The van der Waals surface area contributed by atoms with Gasteiger partial charge in [0.15, 0.2) is 0 Å². The summed E-state index contributed by atoms with van der Waals surface area (Å²) in [7, 11) is 0. The van der Waals surface area contributed by atoms with Crippen LogP contribution in [0.2, 0.25) is 0 Å². The van der Waals surface area contributed by atoms with Crippen LogP contribution in [0.5, 0.6) is 5.75 Å². The first-order chi connectivity index (χ1) is 15.6. The minimum Gasteiger partial charge on any atom is -0.493 e. The first kappa shape index (κ1) is 22.6. The van der Waals surface area contributed by atoms with Gasteiger partial charge in [0.1, 0.15) is 11.8 Å². The zero-order valence-corrected chi connectivity index (χ0v) is 19.6. The van der Waals surface area contributed by atoms with Gasteiger partial charge in [-0.25, -0.2) is 10.9 Å². The Labute approximate surface area is 191 Å². The van der Waals surface area contributed by atoms with Crippen LogP contribution in [-0.2, 0) is 4.79 Å². The van der Waals surface area contributed by atoms with Crippen molar-refractivity contribution in [3.8, 4) is 5.75 Å². The molecule has 0 aliphatic carbocycles. The van der Waals surface area contributed by atoms with Crippen molar-refractivity contribution in [2.75, 3.05) is 37.7 Å². The molecule has 0 spiro atoms. The van der Waals surface area contributed by atoms with E-state index in [0.717, 1.165) is 63.4 Å². The number of carbonyl (C=O) groups excluding carboxylic acids is 1. The molecule has 2 unspecified atom stereocenters. The summed E-state index contributed by atoms with van der Waals surface area (Å²) in [5, 5.41) is 0. The number of hydrogen-bond acceptors (Lipinski definition) is 5. The lowest BCUT2D eigenvalue weighted by Crippen LogP contribution is -2.53. The second kappa shape index (κ2) is 10.4. The number of nitrogens with zero attached hydrogens (tertiary/aromatic N) is 2. The molecule has 4 rings (SSSR count). The molecule has 1 amide bonds. The highest BCUT2D eigenvalue weighted by atomic mass is 16.5. The number of hydrazine groups is 1. The quantitative estimate of drug-likeness (QED) is 0.648. The van der Waals surface area contributed by atoms with Crippen LogP contribution in [0.3, 0.4) is 0 Å². The fourth-order valence-electron chi connectivity index (χ4n) is 4.60. The maximum Gasteiger partial charge on any atom is 0.241 e. The first-order valence-electron chi connectivity index (χ1n) is 11.9. The Balaban J connectivity index is 1.34. The second-order valence-electron chi connectivity index (χ2n) is 8.97. The number of aryl methyl sites for hydroxylation is 2. The Bertz CT molecular complexity index is 924. The Morgan fingerprint density at radius 1 is 1.06 bits per heavy atom. The summed E-state index contributed by atoms with van der Waals surface area (Å²) in [6.07, 6.45) is 2.88. The van der Waals surface area contributed by atoms with E-state index < -0.39 is 0 Å². The highest BCUT2D eigenvalue weighted by Gasteiger charge is 2.35. The lowest BCUT2D eigenvalue weighted by Gasteiger charge is -2.37. The number of unbranched alkanes of at least 4 members (excludes halogenated alkanes) is 1. The smallest absolute Gasteiger partial charge is 0.241 e. The number of carbonyl (C=O) groups is 1. The van der Waals surface area contributed by atoms with Gasteiger partial charge in [0.05, 0.1) is 12.6 Å². The fraction of sp³-hybridized carbons (Fsp3) is 0.500. The highest BCUT2D eigenvalue weighted by Crippen LogP contribution is 2.31. The number of ether oxygens (including phenoxy) is 1. The van der Waals surface area contributed by atoms with Gasteiger partial charge in [0, 0.05) is 37.4 Å². The molecule has 2 aromatic rings. The molecular weight excluding hydrogens is 400 g/mol. The van der Waals surface area contributed by atoms with E-state index in [-0.39, 0.29) is 18.0 Å². The maximum atomic E-state index is 13.2. The summed E-state index contributed by atoms with van der Waals surface area (Å²) < 4.78 is 6.01. The van der Waals surface area contributed by atoms with Crippen LogP contribution in [0.15, 0.2) is 42.5 Å². The highest BCUT2D eigenvalue weighted by molar-refractivity contribution is 5.82. The average molecular weight is 437 g/mol. The number of anilines is 1. The predicted molar refractivity (Wildman–Crippen MR) is 129 cm³/mol. The van der Waals surface area contributed by atoms with Crippen molar-refractivity contribution in [1.29, 1.82) is 0 Å². The van der Waals surface area contributed by atoms with E-state index in [0.29, 0.717) is 0 Å². The lowest BCUT2D eigenvalue weighted by atomic mass is 10.00. The molecule has 2 atom stereocenters. The lowest BCUT2D eigenvalue weighted by molar-refractivity contribution is -0.133. The molecule has 0 aromatic heterocycles. The Morgan fingerprint density at radius 3 is 2.62 bits per heavy atom. The number of nitrogens with one attached hydrogen (secondary N) is 2. The van der Waals surface area contributed by atoms with E-state index in [1.807, 2.05) is 23.1 Å². The largest absolute Gasteiger partial charge is 0.493 e. The number of para-hydroxylation sites is 1. The second-order valence-corrected chi connectivity index (χ2v) is 8.97. The van der Waals surface area contributed by atoms with Gasteiger partial charge in [0.25, 0.3) is 0 Å². The molecule has 32 heavy (non-hydrogen) atoms. The number of piperazine rings is 1. The summed E-state index contributed by atoms with van der Waals surface area (Å²) in [6, 6.07) is 14.6. The molecule has 2 aliphatic heterocycles. The van der Waals surface area contributed by atoms with Gasteiger partial charge in [-0.3, -0.25) is 4.79 Å². The van der Waals surface area contributed by atoms with Crippen LogP contribution in [0.25, 0.3) is 0 Å². The zero-order chi connectivity index (χ0) is 22.5. The summed E-state index contributed by atoms with van der Waals surface area (Å²) >= 11 is 0. The topological polar surface area (TPSA) is 56.8 Å². The van der Waals surface area contributed by atoms with Crippen LogP contribution in [0.4, 0.5) is 5.69 Å². The van der Waals surface area contributed by atoms with E-state index in [9.17, 15) is 4.79 Å². The van der Waals surface area contributed by atoms with Crippen LogP contribution >= 0.6 is 0 Å². The van der Waals surface area contributed by atoms with Crippen molar-refractivity contribution < 1.29 is 9.53 Å². The fourth-order valence-corrected chi connectivity index (χ4v) is 4.60. The molecule has 2 saturated heterocycles. The average Bonchev–Trinajstić information content (AvgIpc) is 3.31. The van der Waals surface area contributed by atoms with E-state index in [2.05, 4.69) is 60.8 Å². The monoisotopic (exact) mass is 436 g/mol. The van der Waals surface area contributed by atoms with Crippen LogP contribution < -0.4 is 20.5 Å². The van der Waals surface area contributed by atoms with Gasteiger partial charge in [-0.05, 0) is 49.9 Å². The van der Waals surface area contributed by atoms with Crippen molar-refractivity contribution in [2.45, 2.75) is 52.1 Å². The van der Waals surface area contributed by atoms with Crippen molar-refractivity contribution in [2.24, 2.45) is 0 Å². The van der Waals surface area contributed by atoms with Crippen LogP contribution in [0.1, 0.15) is 48.9 Å². The van der Waals surface area contributed by atoms with E-state index in [4.69, 9.17) is 4.74 Å². The van der Waals surface area contributed by atoms with Gasteiger partial charge in [-0.1, -0.05) is 43.7 Å². The molecule has 2 fully saturated rings. The molecule has 2 heterocycles. The Hall–Kier alpha value is -2.57. The third kappa shape index (κ3) is 5.08. The maximum absolute atomic E-state index is 13.2. The molecule has 6 nitrogen and oxygen atoms in total. The summed E-state index contributed by atoms with van der Waals surface area (Å²) in [4.78, 5) is 17.6. The predicted octanol–water partition coefficient (Wildman–Crippen LogP) is 3.74. The molecule has 2 N–H and O–H groups in total. The number of hydrogen-bond donors (Lipinski definition) is 2. The normalized spacial score (nSPS) is 21.1. The molecule has 6 heteroatoms. The molecule has 2 aliphatic rings. The van der Waals surface area contributed by atoms with Gasteiger partial charge < -0.3 is 14.5 Å². The number of amides is 1. The zero-order valence-electron chi connectivity index (χ0n) is 19.6. The van der Waals surface area contributed by atoms with E-state index >= 15 is 0 Å². The minimum absolute atomic E-state index is 0.0676. The molecule has 172 valence electrons. The van der Waals surface area contributed by atoms with Gasteiger partial charge in [0.2, 0.25) is 5.91 Å².